The molecule has 0 spiro atoms. The fourth-order valence-corrected chi connectivity index (χ4v) is 3.30. The van der Waals surface area contributed by atoms with Crippen LogP contribution in [-0.2, 0) is 10.0 Å². The zero-order valence-electron chi connectivity index (χ0n) is 11.9. The van der Waals surface area contributed by atoms with Crippen LogP contribution in [-0.4, -0.2) is 31.6 Å². The van der Waals surface area contributed by atoms with Crippen LogP contribution in [0.1, 0.15) is 31.2 Å². The molecule has 7 nitrogen and oxygen atoms in total. The van der Waals surface area contributed by atoms with E-state index in [2.05, 4.69) is 4.72 Å². The second-order valence-electron chi connectivity index (χ2n) is 4.69. The Hall–Kier alpha value is -1.51. The topological polar surface area (TPSA) is 110 Å². The SMILES string of the molecule is Cc1c([N+](=O)[O-])cccc1S(=O)(=O)NCCCCCCO. The molecule has 8 heteroatoms. The van der Waals surface area contributed by atoms with Crippen LogP contribution in [0.15, 0.2) is 23.1 Å². The van der Waals surface area contributed by atoms with Crippen molar-refractivity contribution in [3.8, 4) is 0 Å². The fourth-order valence-electron chi connectivity index (χ4n) is 1.97. The second-order valence-corrected chi connectivity index (χ2v) is 6.43. The smallest absolute Gasteiger partial charge is 0.273 e. The lowest BCUT2D eigenvalue weighted by atomic mass is 10.2. The van der Waals surface area contributed by atoms with Gasteiger partial charge in [-0.05, 0) is 25.8 Å². The maximum Gasteiger partial charge on any atom is 0.273 e. The van der Waals surface area contributed by atoms with Crippen LogP contribution in [0.3, 0.4) is 0 Å². The molecule has 1 aromatic rings. The van der Waals surface area contributed by atoms with Gasteiger partial charge in [0.05, 0.1) is 9.82 Å². The first kappa shape index (κ1) is 17.5. The van der Waals surface area contributed by atoms with Gasteiger partial charge in [0.2, 0.25) is 10.0 Å². The highest BCUT2D eigenvalue weighted by Gasteiger charge is 2.22. The number of nitro benzene ring substituents is 1. The standard InChI is InChI=1S/C13H20N2O5S/c1-11-12(15(17)18)7-6-8-13(11)21(19,20)14-9-4-2-3-5-10-16/h6-8,14,16H,2-5,9-10H2,1H3. The average molecular weight is 316 g/mol. The van der Waals surface area contributed by atoms with Gasteiger partial charge in [-0.15, -0.1) is 0 Å². The predicted molar refractivity (Wildman–Crippen MR) is 78.6 cm³/mol. The maximum atomic E-state index is 12.1. The molecule has 0 aromatic heterocycles. The normalized spacial score (nSPS) is 11.5. The van der Waals surface area contributed by atoms with Gasteiger partial charge in [0.25, 0.3) is 5.69 Å². The minimum absolute atomic E-state index is 0.0629. The van der Waals surface area contributed by atoms with Crippen molar-refractivity contribution in [3.63, 3.8) is 0 Å². The Morgan fingerprint density at radius 2 is 1.90 bits per heavy atom. The van der Waals surface area contributed by atoms with E-state index in [9.17, 15) is 18.5 Å². The molecule has 118 valence electrons. The first-order chi connectivity index (χ1) is 9.90. The lowest BCUT2D eigenvalue weighted by molar-refractivity contribution is -0.385. The average Bonchev–Trinajstić information content (AvgIpc) is 2.42. The van der Waals surface area contributed by atoms with Crippen molar-refractivity contribution in [1.82, 2.24) is 4.72 Å². The number of benzene rings is 1. The summed E-state index contributed by atoms with van der Waals surface area (Å²) in [5.41, 5.74) is -0.0731. The van der Waals surface area contributed by atoms with E-state index in [-0.39, 0.29) is 29.3 Å². The highest BCUT2D eigenvalue weighted by molar-refractivity contribution is 7.89. The quantitative estimate of drug-likeness (QED) is 0.409. The van der Waals surface area contributed by atoms with Crippen molar-refractivity contribution in [2.45, 2.75) is 37.5 Å². The number of aliphatic hydroxyl groups excluding tert-OH is 1. The highest BCUT2D eigenvalue weighted by atomic mass is 32.2. The number of nitrogens with one attached hydrogen (secondary N) is 1. The molecule has 0 unspecified atom stereocenters. The predicted octanol–water partition coefficient (Wildman–Crippen LogP) is 1.73. The number of aliphatic hydroxyl groups is 1. The molecule has 0 atom stereocenters. The van der Waals surface area contributed by atoms with Crippen molar-refractivity contribution in [1.29, 1.82) is 0 Å². The van der Waals surface area contributed by atoms with Crippen LogP contribution in [0.2, 0.25) is 0 Å². The molecule has 0 fully saturated rings. The largest absolute Gasteiger partial charge is 0.396 e. The van der Waals surface area contributed by atoms with Crippen LogP contribution in [0.25, 0.3) is 0 Å². The van der Waals surface area contributed by atoms with Crippen LogP contribution >= 0.6 is 0 Å². The number of hydrogen-bond donors (Lipinski definition) is 2. The molecular formula is C13H20N2O5S. The molecule has 0 saturated carbocycles. The minimum Gasteiger partial charge on any atom is -0.396 e. The third kappa shape index (κ3) is 5.07. The first-order valence-corrected chi connectivity index (χ1v) is 8.23. The fraction of sp³-hybridized carbons (Fsp3) is 0.538. The van der Waals surface area contributed by atoms with Crippen LogP contribution in [0.4, 0.5) is 5.69 Å². The summed E-state index contributed by atoms with van der Waals surface area (Å²) in [5, 5.41) is 19.5. The van der Waals surface area contributed by atoms with Gasteiger partial charge in [0, 0.05) is 24.8 Å². The Labute approximate surface area is 124 Å². The van der Waals surface area contributed by atoms with Crippen molar-refractivity contribution in [2.24, 2.45) is 0 Å². The van der Waals surface area contributed by atoms with Gasteiger partial charge in [-0.3, -0.25) is 10.1 Å². The molecule has 0 amide bonds. The minimum atomic E-state index is -3.74. The van der Waals surface area contributed by atoms with E-state index in [1.165, 1.54) is 25.1 Å². The van der Waals surface area contributed by atoms with Crippen LogP contribution < -0.4 is 4.72 Å². The van der Waals surface area contributed by atoms with E-state index < -0.39 is 14.9 Å². The summed E-state index contributed by atoms with van der Waals surface area (Å²) in [6.45, 7) is 1.84. The second kappa shape index (κ2) is 8.06. The zero-order valence-corrected chi connectivity index (χ0v) is 12.7. The third-order valence-electron chi connectivity index (χ3n) is 3.12. The van der Waals surface area contributed by atoms with E-state index in [0.717, 1.165) is 12.8 Å². The summed E-state index contributed by atoms with van der Waals surface area (Å²) in [6, 6.07) is 4.00. The molecule has 1 rings (SSSR count). The van der Waals surface area contributed by atoms with Gasteiger partial charge in [-0.1, -0.05) is 18.9 Å². The monoisotopic (exact) mass is 316 g/mol. The molecule has 0 bridgehead atoms. The van der Waals surface area contributed by atoms with Crippen molar-refractivity contribution >= 4 is 15.7 Å². The number of nitro groups is 1. The number of hydrogen-bond acceptors (Lipinski definition) is 5. The molecule has 0 aliphatic carbocycles. The summed E-state index contributed by atoms with van der Waals surface area (Å²) in [6.07, 6.45) is 3.02. The van der Waals surface area contributed by atoms with Gasteiger partial charge in [-0.25, -0.2) is 13.1 Å². The van der Waals surface area contributed by atoms with Crippen molar-refractivity contribution in [2.75, 3.05) is 13.2 Å². The van der Waals surface area contributed by atoms with Crippen LogP contribution in [0.5, 0.6) is 0 Å². The Balaban J connectivity index is 2.71. The molecule has 21 heavy (non-hydrogen) atoms. The van der Waals surface area contributed by atoms with E-state index in [0.29, 0.717) is 12.8 Å². The zero-order chi connectivity index (χ0) is 15.9. The van der Waals surface area contributed by atoms with E-state index >= 15 is 0 Å². The first-order valence-electron chi connectivity index (χ1n) is 6.74. The molecule has 0 saturated heterocycles. The molecule has 0 aliphatic heterocycles. The van der Waals surface area contributed by atoms with E-state index in [1.807, 2.05) is 0 Å². The Morgan fingerprint density at radius 3 is 2.52 bits per heavy atom. The van der Waals surface area contributed by atoms with Gasteiger partial charge in [0.1, 0.15) is 0 Å². The Bertz CT molecular complexity index is 586. The lowest BCUT2D eigenvalue weighted by Gasteiger charge is -2.09. The summed E-state index contributed by atoms with van der Waals surface area (Å²) in [4.78, 5) is 10.2. The number of nitrogens with zero attached hydrogens (tertiary/aromatic N) is 1. The number of unbranched alkanes of at least 4 members (excludes halogenated alkanes) is 3. The molecule has 1 aromatic carbocycles. The summed E-state index contributed by atoms with van der Waals surface area (Å²) < 4.78 is 26.7. The summed E-state index contributed by atoms with van der Waals surface area (Å²) >= 11 is 0. The number of sulfonamides is 1. The van der Waals surface area contributed by atoms with Crippen molar-refractivity contribution in [3.05, 3.63) is 33.9 Å². The van der Waals surface area contributed by atoms with E-state index in [4.69, 9.17) is 5.11 Å². The Kier molecular flexibility index (Phi) is 6.73. The molecular weight excluding hydrogens is 296 g/mol. The van der Waals surface area contributed by atoms with Gasteiger partial charge < -0.3 is 5.11 Å². The van der Waals surface area contributed by atoms with Crippen LogP contribution in [0, 0.1) is 17.0 Å². The molecule has 0 heterocycles. The number of rotatable bonds is 9. The lowest BCUT2D eigenvalue weighted by Crippen LogP contribution is -2.25. The van der Waals surface area contributed by atoms with Gasteiger partial charge >= 0.3 is 0 Å². The highest BCUT2D eigenvalue weighted by Crippen LogP contribution is 2.24. The van der Waals surface area contributed by atoms with Gasteiger partial charge in [-0.2, -0.15) is 0 Å². The Morgan fingerprint density at radius 1 is 1.24 bits per heavy atom. The van der Waals surface area contributed by atoms with E-state index in [1.54, 1.807) is 0 Å². The third-order valence-corrected chi connectivity index (χ3v) is 4.72. The molecule has 2 N–H and O–H groups in total. The maximum absolute atomic E-state index is 12.1. The summed E-state index contributed by atoms with van der Waals surface area (Å²) in [7, 11) is -3.74. The molecule has 0 radical (unpaired) electrons. The molecule has 0 aliphatic rings. The van der Waals surface area contributed by atoms with Crippen molar-refractivity contribution < 1.29 is 18.4 Å². The summed E-state index contributed by atoms with van der Waals surface area (Å²) in [5.74, 6) is 0. The van der Waals surface area contributed by atoms with Gasteiger partial charge in [0.15, 0.2) is 0 Å².